The quantitative estimate of drug-likeness (QED) is 0.144. The van der Waals surface area contributed by atoms with Crippen LogP contribution in [0.25, 0.3) is 0 Å². The van der Waals surface area contributed by atoms with Gasteiger partial charge < -0.3 is 9.47 Å². The fourth-order valence-electron chi connectivity index (χ4n) is 4.33. The molecule has 0 amide bonds. The number of aryl methyl sites for hydroxylation is 2. The molecule has 0 N–H and O–H groups in total. The first-order valence-electron chi connectivity index (χ1n) is 13.2. The van der Waals surface area contributed by atoms with Gasteiger partial charge in [0.05, 0.1) is 30.8 Å². The third kappa shape index (κ3) is 9.65. The smallest absolute Gasteiger partial charge is 0.297 e. The third-order valence-electron chi connectivity index (χ3n) is 6.44. The molecule has 1 aliphatic heterocycles. The molecule has 0 spiro atoms. The maximum Gasteiger partial charge on any atom is 0.297 e. The number of ether oxygens (including phenoxy) is 2. The van der Waals surface area contributed by atoms with Crippen molar-refractivity contribution in [2.45, 2.75) is 49.2 Å². The van der Waals surface area contributed by atoms with E-state index in [1.54, 1.807) is 0 Å². The van der Waals surface area contributed by atoms with Crippen molar-refractivity contribution in [3.05, 3.63) is 113 Å². The minimum absolute atomic E-state index is 0.0551. The van der Waals surface area contributed by atoms with Crippen LogP contribution >= 0.6 is 11.6 Å². The lowest BCUT2D eigenvalue weighted by Crippen LogP contribution is -2.17. The Morgan fingerprint density at radius 3 is 2.28 bits per heavy atom. The molecule has 7 heteroatoms. The second-order valence-corrected chi connectivity index (χ2v) is 11.3. The number of halogens is 1. The molecule has 0 aromatic heterocycles. The lowest BCUT2D eigenvalue weighted by Gasteiger charge is -2.13. The summed E-state index contributed by atoms with van der Waals surface area (Å²) in [7, 11) is -3.89. The fraction of sp³-hybridized carbons (Fsp3) is 0.312. The van der Waals surface area contributed by atoms with Crippen molar-refractivity contribution >= 4 is 21.7 Å². The monoisotopic (exact) mass is 564 g/mol. The Hall–Kier alpha value is -2.92. The van der Waals surface area contributed by atoms with E-state index in [9.17, 15) is 8.42 Å². The van der Waals surface area contributed by atoms with Gasteiger partial charge in [0, 0.05) is 5.02 Å². The Morgan fingerprint density at radius 2 is 1.59 bits per heavy atom. The van der Waals surface area contributed by atoms with E-state index in [-0.39, 0.29) is 30.3 Å². The zero-order valence-corrected chi connectivity index (χ0v) is 23.4. The second kappa shape index (κ2) is 15.0. The van der Waals surface area contributed by atoms with Crippen LogP contribution in [0.2, 0.25) is 5.02 Å². The Morgan fingerprint density at radius 1 is 0.923 bits per heavy atom. The summed E-state index contributed by atoms with van der Waals surface area (Å²) in [5, 5.41) is 0.457. The molecule has 4 rings (SSSR count). The molecule has 1 aliphatic rings. The van der Waals surface area contributed by atoms with Crippen LogP contribution in [0.3, 0.4) is 0 Å². The van der Waals surface area contributed by atoms with Gasteiger partial charge in [-0.2, -0.15) is 8.42 Å². The van der Waals surface area contributed by atoms with Crippen LogP contribution in [0.15, 0.2) is 101 Å². The SMILES string of the molecule is O=S(=O)(OCCOC(C#C/C=C1/CCOC1CCc1ccccc1)CCc1ccccc1)c1ccc(Cl)cc1. The standard InChI is InChI=1S/C32H33ClO5S/c33-29-16-19-31(20-17-29)39(34,35)38-25-24-36-30(18-14-26-8-3-1-4-9-26)13-7-12-28-22-23-37-32(28)21-15-27-10-5-2-6-11-27/h1-6,8-12,16-17,19-20,30,32H,14-15,18,21-25H2/b28-12-. The van der Waals surface area contributed by atoms with E-state index in [1.807, 2.05) is 30.3 Å². The molecule has 0 radical (unpaired) electrons. The average Bonchev–Trinajstić information content (AvgIpc) is 3.41. The van der Waals surface area contributed by atoms with Crippen molar-refractivity contribution in [2.24, 2.45) is 0 Å². The molecule has 1 fully saturated rings. The maximum absolute atomic E-state index is 12.4. The largest absolute Gasteiger partial charge is 0.373 e. The third-order valence-corrected chi connectivity index (χ3v) is 8.02. The van der Waals surface area contributed by atoms with Gasteiger partial charge in [0.15, 0.2) is 0 Å². The number of allylic oxidation sites excluding steroid dienone is 1. The molecule has 39 heavy (non-hydrogen) atoms. The molecule has 0 saturated carbocycles. The highest BCUT2D eigenvalue weighted by atomic mass is 35.5. The lowest BCUT2D eigenvalue weighted by molar-refractivity contribution is 0.0629. The van der Waals surface area contributed by atoms with Gasteiger partial charge in [0.25, 0.3) is 10.1 Å². The van der Waals surface area contributed by atoms with Crippen LogP contribution in [0.4, 0.5) is 0 Å². The van der Waals surface area contributed by atoms with Crippen LogP contribution in [-0.4, -0.2) is 40.4 Å². The number of hydrogen-bond donors (Lipinski definition) is 0. The van der Waals surface area contributed by atoms with Gasteiger partial charge in [-0.05, 0) is 79.1 Å². The van der Waals surface area contributed by atoms with Crippen molar-refractivity contribution in [2.75, 3.05) is 19.8 Å². The molecule has 2 atom stereocenters. The molecule has 1 heterocycles. The zero-order chi connectivity index (χ0) is 27.3. The van der Waals surface area contributed by atoms with Crippen molar-refractivity contribution < 1.29 is 22.1 Å². The number of hydrogen-bond acceptors (Lipinski definition) is 5. The summed E-state index contributed by atoms with van der Waals surface area (Å²) in [6.07, 6.45) is 5.90. The highest BCUT2D eigenvalue weighted by Crippen LogP contribution is 2.24. The van der Waals surface area contributed by atoms with Crippen molar-refractivity contribution in [1.29, 1.82) is 0 Å². The Kier molecular flexibility index (Phi) is 11.2. The minimum atomic E-state index is -3.89. The summed E-state index contributed by atoms with van der Waals surface area (Å²) < 4.78 is 41.9. The van der Waals surface area contributed by atoms with E-state index in [1.165, 1.54) is 41.0 Å². The Balaban J connectivity index is 1.34. The lowest BCUT2D eigenvalue weighted by atomic mass is 10.0. The van der Waals surface area contributed by atoms with Gasteiger partial charge in [-0.1, -0.05) is 84.1 Å². The molecule has 1 saturated heterocycles. The normalized spacial score (nSPS) is 17.1. The summed E-state index contributed by atoms with van der Waals surface area (Å²) in [5.74, 6) is 6.41. The Bertz CT molecular complexity index is 1360. The fourth-order valence-corrected chi connectivity index (χ4v) is 5.35. The van der Waals surface area contributed by atoms with Crippen LogP contribution < -0.4 is 0 Å². The van der Waals surface area contributed by atoms with E-state index in [0.29, 0.717) is 18.1 Å². The van der Waals surface area contributed by atoms with Gasteiger partial charge in [0.2, 0.25) is 0 Å². The first kappa shape index (κ1) is 29.1. The van der Waals surface area contributed by atoms with Gasteiger partial charge >= 0.3 is 0 Å². The summed E-state index contributed by atoms with van der Waals surface area (Å²) in [6, 6.07) is 26.4. The molecule has 0 aliphatic carbocycles. The molecule has 0 bridgehead atoms. The minimum Gasteiger partial charge on any atom is -0.373 e. The summed E-state index contributed by atoms with van der Waals surface area (Å²) >= 11 is 5.85. The maximum atomic E-state index is 12.4. The van der Waals surface area contributed by atoms with Crippen LogP contribution in [-0.2, 0) is 36.6 Å². The van der Waals surface area contributed by atoms with Gasteiger partial charge in [-0.15, -0.1) is 0 Å². The van der Waals surface area contributed by atoms with Crippen molar-refractivity contribution in [3.63, 3.8) is 0 Å². The topological polar surface area (TPSA) is 61.8 Å². The summed E-state index contributed by atoms with van der Waals surface area (Å²) in [4.78, 5) is 0.0551. The number of benzene rings is 3. The molecule has 2 unspecified atom stereocenters. The molecular weight excluding hydrogens is 532 g/mol. The predicted molar refractivity (Wildman–Crippen MR) is 154 cm³/mol. The van der Waals surface area contributed by atoms with Gasteiger partial charge in [-0.3, -0.25) is 4.18 Å². The van der Waals surface area contributed by atoms with Crippen molar-refractivity contribution in [3.8, 4) is 11.8 Å². The van der Waals surface area contributed by atoms with E-state index >= 15 is 0 Å². The molecule has 3 aromatic carbocycles. The van der Waals surface area contributed by atoms with E-state index in [0.717, 1.165) is 25.7 Å². The molecular formula is C32H33ClO5S. The van der Waals surface area contributed by atoms with E-state index in [4.69, 9.17) is 25.3 Å². The Labute approximate surface area is 236 Å². The van der Waals surface area contributed by atoms with Gasteiger partial charge in [-0.25, -0.2) is 0 Å². The molecule has 3 aromatic rings. The van der Waals surface area contributed by atoms with Gasteiger partial charge in [0.1, 0.15) is 6.10 Å². The summed E-state index contributed by atoms with van der Waals surface area (Å²) in [5.41, 5.74) is 3.70. The number of rotatable bonds is 12. The predicted octanol–water partition coefficient (Wildman–Crippen LogP) is 6.41. The average molecular weight is 565 g/mol. The van der Waals surface area contributed by atoms with Crippen molar-refractivity contribution in [1.82, 2.24) is 0 Å². The zero-order valence-electron chi connectivity index (χ0n) is 21.8. The highest BCUT2D eigenvalue weighted by molar-refractivity contribution is 7.86. The summed E-state index contributed by atoms with van der Waals surface area (Å²) in [6.45, 7) is 0.700. The highest BCUT2D eigenvalue weighted by Gasteiger charge is 2.21. The first-order valence-corrected chi connectivity index (χ1v) is 14.9. The molecule has 5 nitrogen and oxygen atoms in total. The van der Waals surface area contributed by atoms with Crippen LogP contribution in [0.5, 0.6) is 0 Å². The van der Waals surface area contributed by atoms with Crippen LogP contribution in [0, 0.1) is 11.8 Å². The molecule has 204 valence electrons. The first-order chi connectivity index (χ1) is 19.0. The van der Waals surface area contributed by atoms with E-state index < -0.39 is 10.1 Å². The second-order valence-electron chi connectivity index (χ2n) is 9.26. The van der Waals surface area contributed by atoms with Crippen LogP contribution in [0.1, 0.15) is 30.4 Å². The van der Waals surface area contributed by atoms with E-state index in [2.05, 4.69) is 48.2 Å².